The van der Waals surface area contributed by atoms with Gasteiger partial charge < -0.3 is 9.64 Å². The van der Waals surface area contributed by atoms with Crippen LogP contribution < -0.4 is 4.74 Å². The van der Waals surface area contributed by atoms with Crippen molar-refractivity contribution in [2.45, 2.75) is 135 Å². The van der Waals surface area contributed by atoms with Crippen molar-refractivity contribution in [3.8, 4) is 5.75 Å². The highest BCUT2D eigenvalue weighted by atomic mass is 19.3. The summed E-state index contributed by atoms with van der Waals surface area (Å²) >= 11 is 0. The standard InChI is InChI=1S/C34H49F5N2O/c1-2-3-4-5-11-14-23-42-29-24-26-18-19-27(34(38,39)30(26)32(36)31(29)35)28-20-22-41(33(37)40-28)21-13-10-8-6-7-9-12-15-25-16-17-25/h20,22,24-25,27,33H,2-19,21,23H2,1H3. The molecule has 2 unspecified atom stereocenters. The number of aryl methyl sites for hydroxylation is 1. The summed E-state index contributed by atoms with van der Waals surface area (Å²) in [6.45, 7) is 2.80. The van der Waals surface area contributed by atoms with Crippen LogP contribution in [0, 0.1) is 23.5 Å². The molecule has 1 heterocycles. The molecule has 42 heavy (non-hydrogen) atoms. The Morgan fingerprint density at radius 3 is 2.24 bits per heavy atom. The molecule has 0 N–H and O–H groups in total. The topological polar surface area (TPSA) is 24.8 Å². The summed E-state index contributed by atoms with van der Waals surface area (Å²) in [7, 11) is 0. The zero-order chi connectivity index (χ0) is 30.0. The minimum absolute atomic E-state index is 0.0369. The van der Waals surface area contributed by atoms with Crippen molar-refractivity contribution >= 4 is 5.71 Å². The molecule has 0 spiro atoms. The molecule has 1 saturated carbocycles. The lowest BCUT2D eigenvalue weighted by molar-refractivity contribution is -0.0532. The highest BCUT2D eigenvalue weighted by molar-refractivity contribution is 5.98. The van der Waals surface area contributed by atoms with Gasteiger partial charge in [0.1, 0.15) is 0 Å². The largest absolute Gasteiger partial charge is 0.490 e. The van der Waals surface area contributed by atoms with E-state index < -0.39 is 35.5 Å². The van der Waals surface area contributed by atoms with E-state index >= 15 is 13.2 Å². The number of hydrogen-bond acceptors (Lipinski definition) is 3. The molecule has 0 aromatic heterocycles. The first kappa shape index (κ1) is 32.8. The van der Waals surface area contributed by atoms with Crippen molar-refractivity contribution in [3.63, 3.8) is 0 Å². The highest BCUT2D eigenvalue weighted by Crippen LogP contribution is 2.48. The van der Waals surface area contributed by atoms with E-state index in [0.717, 1.165) is 57.3 Å². The zero-order valence-electron chi connectivity index (χ0n) is 25.3. The number of ether oxygens (including phenoxy) is 1. The van der Waals surface area contributed by atoms with Gasteiger partial charge in [0.25, 0.3) is 12.3 Å². The Kier molecular flexibility index (Phi) is 12.6. The second kappa shape index (κ2) is 16.1. The Morgan fingerprint density at radius 2 is 1.55 bits per heavy atom. The number of nitrogens with zero attached hydrogens (tertiary/aromatic N) is 2. The Balaban J connectivity index is 1.25. The van der Waals surface area contributed by atoms with E-state index in [4.69, 9.17) is 4.74 Å². The molecule has 2 aliphatic carbocycles. The van der Waals surface area contributed by atoms with Crippen molar-refractivity contribution in [3.05, 3.63) is 41.1 Å². The fourth-order valence-corrected chi connectivity index (χ4v) is 6.26. The fraction of sp³-hybridized carbons (Fsp3) is 0.735. The maximum atomic E-state index is 15.6. The fourth-order valence-electron chi connectivity index (χ4n) is 6.26. The number of unbranched alkanes of at least 4 members (excludes halogenated alkanes) is 11. The molecular weight excluding hydrogens is 547 g/mol. The summed E-state index contributed by atoms with van der Waals surface area (Å²) in [5, 5.41) is 0. The van der Waals surface area contributed by atoms with E-state index in [1.807, 2.05) is 0 Å². The van der Waals surface area contributed by atoms with E-state index in [1.54, 1.807) is 0 Å². The van der Waals surface area contributed by atoms with Crippen molar-refractivity contribution in [2.75, 3.05) is 13.2 Å². The van der Waals surface area contributed by atoms with Gasteiger partial charge in [-0.1, -0.05) is 96.8 Å². The van der Waals surface area contributed by atoms with Crippen molar-refractivity contribution in [1.82, 2.24) is 4.90 Å². The normalized spacial score (nSPS) is 21.4. The molecule has 1 fully saturated rings. The monoisotopic (exact) mass is 596 g/mol. The third-order valence-electron chi connectivity index (χ3n) is 9.03. The summed E-state index contributed by atoms with van der Waals surface area (Å²) in [5.41, 5.74) is -1.02. The Morgan fingerprint density at radius 1 is 0.881 bits per heavy atom. The lowest BCUT2D eigenvalue weighted by atomic mass is 9.77. The number of allylic oxidation sites excluding steroid dienone is 1. The van der Waals surface area contributed by atoms with Gasteiger partial charge in [-0.15, -0.1) is 0 Å². The van der Waals surface area contributed by atoms with Crippen LogP contribution in [0.5, 0.6) is 5.75 Å². The van der Waals surface area contributed by atoms with Gasteiger partial charge in [-0.05, 0) is 49.3 Å². The highest BCUT2D eigenvalue weighted by Gasteiger charge is 2.51. The molecule has 1 aromatic carbocycles. The molecule has 236 valence electrons. The number of halogens is 5. The van der Waals surface area contributed by atoms with Gasteiger partial charge in [-0.25, -0.2) is 18.2 Å². The lowest BCUT2D eigenvalue weighted by Gasteiger charge is -2.36. The minimum Gasteiger partial charge on any atom is -0.490 e. The maximum Gasteiger partial charge on any atom is 0.284 e. The van der Waals surface area contributed by atoms with E-state index in [0.29, 0.717) is 13.0 Å². The minimum atomic E-state index is -3.72. The van der Waals surface area contributed by atoms with Crippen LogP contribution in [0.1, 0.15) is 127 Å². The smallest absolute Gasteiger partial charge is 0.284 e. The first-order valence-corrected chi connectivity index (χ1v) is 16.5. The van der Waals surface area contributed by atoms with Crippen LogP contribution in [0.25, 0.3) is 0 Å². The van der Waals surface area contributed by atoms with Crippen molar-refractivity contribution in [2.24, 2.45) is 16.8 Å². The average Bonchev–Trinajstić information content (AvgIpc) is 3.79. The SMILES string of the molecule is CCCCCCCCOc1cc2c(c(F)c1F)C(F)(F)C(C1=NC(F)N(CCCCCCCCCC3CC3)C=C1)CC2. The molecule has 0 amide bonds. The second-order valence-electron chi connectivity index (χ2n) is 12.5. The Labute approximate surface area is 249 Å². The summed E-state index contributed by atoms with van der Waals surface area (Å²) in [4.78, 5) is 5.36. The molecule has 0 saturated heterocycles. The van der Waals surface area contributed by atoms with Crippen LogP contribution in [0.15, 0.2) is 23.3 Å². The maximum absolute atomic E-state index is 15.6. The molecule has 1 aromatic rings. The first-order chi connectivity index (χ1) is 20.3. The lowest BCUT2D eigenvalue weighted by Crippen LogP contribution is -2.40. The van der Waals surface area contributed by atoms with Crippen LogP contribution in [-0.4, -0.2) is 30.2 Å². The predicted octanol–water partition coefficient (Wildman–Crippen LogP) is 10.4. The van der Waals surface area contributed by atoms with Crippen molar-refractivity contribution in [1.29, 1.82) is 0 Å². The Hall–Kier alpha value is -2.12. The average molecular weight is 597 g/mol. The predicted molar refractivity (Wildman–Crippen MR) is 159 cm³/mol. The number of rotatable bonds is 19. The molecule has 1 aliphatic heterocycles. The van der Waals surface area contributed by atoms with E-state index in [2.05, 4.69) is 11.9 Å². The van der Waals surface area contributed by atoms with Crippen LogP contribution in [0.3, 0.4) is 0 Å². The number of hydrogen-bond donors (Lipinski definition) is 0. The molecule has 0 bridgehead atoms. The van der Waals surface area contributed by atoms with Gasteiger partial charge in [-0.2, -0.15) is 8.78 Å². The third-order valence-corrected chi connectivity index (χ3v) is 9.03. The zero-order valence-corrected chi connectivity index (χ0v) is 25.3. The quantitative estimate of drug-likeness (QED) is 0.0902. The summed E-state index contributed by atoms with van der Waals surface area (Å²) in [6.07, 6.45) is 19.4. The summed E-state index contributed by atoms with van der Waals surface area (Å²) in [5.74, 6) is -7.55. The van der Waals surface area contributed by atoms with Crippen LogP contribution >= 0.6 is 0 Å². The second-order valence-corrected chi connectivity index (χ2v) is 12.5. The van der Waals surface area contributed by atoms with Gasteiger partial charge in [0, 0.05) is 12.7 Å². The van der Waals surface area contributed by atoms with Gasteiger partial charge in [0.15, 0.2) is 11.6 Å². The van der Waals surface area contributed by atoms with Crippen LogP contribution in [0.2, 0.25) is 0 Å². The third kappa shape index (κ3) is 8.95. The van der Waals surface area contributed by atoms with E-state index in [1.165, 1.54) is 68.2 Å². The van der Waals surface area contributed by atoms with Gasteiger partial charge in [0.05, 0.1) is 23.8 Å². The summed E-state index contributed by atoms with van der Waals surface area (Å²) in [6, 6.07) is 1.21. The molecular formula is C34H49F5N2O. The number of alkyl halides is 3. The van der Waals surface area contributed by atoms with Crippen LogP contribution in [0.4, 0.5) is 22.0 Å². The molecule has 0 radical (unpaired) electrons. The number of aliphatic imine (C=N–C) groups is 1. The molecule has 3 nitrogen and oxygen atoms in total. The number of benzene rings is 1. The van der Waals surface area contributed by atoms with Gasteiger partial charge >= 0.3 is 0 Å². The Bertz CT molecular complexity index is 1050. The molecule has 2 atom stereocenters. The van der Waals surface area contributed by atoms with E-state index in [-0.39, 0.29) is 36.5 Å². The van der Waals surface area contributed by atoms with Gasteiger partial charge in [-0.3, -0.25) is 0 Å². The molecule has 8 heteroatoms. The van der Waals surface area contributed by atoms with Crippen LogP contribution in [-0.2, 0) is 12.3 Å². The molecule has 3 aliphatic rings. The first-order valence-electron chi connectivity index (χ1n) is 16.5. The molecule has 4 rings (SSSR count). The summed E-state index contributed by atoms with van der Waals surface area (Å²) < 4.78 is 81.6. The van der Waals surface area contributed by atoms with E-state index in [9.17, 15) is 8.78 Å². The van der Waals surface area contributed by atoms with Gasteiger partial charge in [0.2, 0.25) is 5.82 Å². The number of fused-ring (bicyclic) bond motifs is 1. The van der Waals surface area contributed by atoms with Crippen molar-refractivity contribution < 1.29 is 26.7 Å².